The maximum atomic E-state index is 13.5. The number of amides is 1. The Kier molecular flexibility index (Phi) is 4.33. The number of nitrogens with zero attached hydrogens (tertiary/aromatic N) is 1. The summed E-state index contributed by atoms with van der Waals surface area (Å²) in [7, 11) is -3.27. The summed E-state index contributed by atoms with van der Waals surface area (Å²) in [5, 5.41) is 9.20. The van der Waals surface area contributed by atoms with Gasteiger partial charge in [0.15, 0.2) is 9.84 Å². The van der Waals surface area contributed by atoms with Gasteiger partial charge in [0, 0.05) is 19.3 Å². The molecule has 1 N–H and O–H groups in total. The van der Waals surface area contributed by atoms with E-state index in [4.69, 9.17) is 0 Å². The minimum Gasteiger partial charge on any atom is -0.481 e. The summed E-state index contributed by atoms with van der Waals surface area (Å²) in [6.45, 7) is 1.06. The van der Waals surface area contributed by atoms with Gasteiger partial charge in [-0.1, -0.05) is 31.4 Å². The molecule has 1 amide bonds. The van der Waals surface area contributed by atoms with Gasteiger partial charge in [0.25, 0.3) is 0 Å². The minimum atomic E-state index is -3.27. The Morgan fingerprint density at radius 3 is 2.07 bits per heavy atom. The third-order valence-corrected chi connectivity index (χ3v) is 7.85. The SMILES string of the molecule is CS(=O)(=O)c1ccc(C2(C(=O)N3C[C@@H]4C(C(=O)O)[C@@H]4C3)CCCCC2)cc1. The van der Waals surface area contributed by atoms with Crippen molar-refractivity contribution in [3.8, 4) is 0 Å². The summed E-state index contributed by atoms with van der Waals surface area (Å²) in [6, 6.07) is 6.76. The highest BCUT2D eigenvalue weighted by molar-refractivity contribution is 7.90. The molecule has 0 bridgehead atoms. The van der Waals surface area contributed by atoms with Crippen molar-refractivity contribution in [1.82, 2.24) is 4.90 Å². The molecule has 3 fully saturated rings. The van der Waals surface area contributed by atoms with Crippen LogP contribution >= 0.6 is 0 Å². The highest BCUT2D eigenvalue weighted by Gasteiger charge is 2.61. The summed E-state index contributed by atoms with van der Waals surface area (Å²) in [5.41, 5.74) is 0.277. The number of carbonyl (C=O) groups excluding carboxylic acids is 1. The number of carbonyl (C=O) groups is 2. The fourth-order valence-corrected chi connectivity index (χ4v) is 5.79. The van der Waals surface area contributed by atoms with Gasteiger partial charge in [-0.15, -0.1) is 0 Å². The van der Waals surface area contributed by atoms with Gasteiger partial charge in [0.2, 0.25) is 5.91 Å². The van der Waals surface area contributed by atoms with Crippen LogP contribution in [0.25, 0.3) is 0 Å². The molecule has 4 rings (SSSR count). The van der Waals surface area contributed by atoms with E-state index in [2.05, 4.69) is 0 Å². The van der Waals surface area contributed by atoms with Gasteiger partial charge in [0.1, 0.15) is 0 Å². The van der Waals surface area contributed by atoms with Crippen molar-refractivity contribution in [2.24, 2.45) is 17.8 Å². The van der Waals surface area contributed by atoms with Crippen LogP contribution in [0.5, 0.6) is 0 Å². The number of rotatable bonds is 4. The van der Waals surface area contributed by atoms with Gasteiger partial charge in [-0.25, -0.2) is 8.42 Å². The third-order valence-electron chi connectivity index (χ3n) is 6.72. The lowest BCUT2D eigenvalue weighted by Crippen LogP contribution is -2.48. The summed E-state index contributed by atoms with van der Waals surface area (Å²) in [6.07, 6.45) is 5.74. The lowest BCUT2D eigenvalue weighted by Gasteiger charge is -2.40. The number of sulfone groups is 1. The van der Waals surface area contributed by atoms with E-state index in [1.807, 2.05) is 4.90 Å². The zero-order valence-electron chi connectivity index (χ0n) is 15.4. The first kappa shape index (κ1) is 18.5. The molecule has 1 aliphatic heterocycles. The van der Waals surface area contributed by atoms with Crippen molar-refractivity contribution in [1.29, 1.82) is 0 Å². The number of aliphatic carboxylic acids is 1. The summed E-state index contributed by atoms with van der Waals surface area (Å²) < 4.78 is 23.5. The number of carboxylic acid groups (broad SMARTS) is 1. The second kappa shape index (κ2) is 6.33. The fourth-order valence-electron chi connectivity index (χ4n) is 5.16. The second-order valence-electron chi connectivity index (χ2n) is 8.34. The van der Waals surface area contributed by atoms with Gasteiger partial charge in [-0.2, -0.15) is 0 Å². The zero-order chi connectivity index (χ0) is 19.4. The van der Waals surface area contributed by atoms with Crippen molar-refractivity contribution in [3.63, 3.8) is 0 Å². The number of benzene rings is 1. The molecule has 1 aromatic rings. The number of hydrogen-bond donors (Lipinski definition) is 1. The van der Waals surface area contributed by atoms with Crippen molar-refractivity contribution in [2.45, 2.75) is 42.4 Å². The van der Waals surface area contributed by atoms with Crippen LogP contribution in [0, 0.1) is 17.8 Å². The highest BCUT2D eigenvalue weighted by Crippen LogP contribution is 2.53. The molecule has 2 aliphatic carbocycles. The molecule has 27 heavy (non-hydrogen) atoms. The van der Waals surface area contributed by atoms with Gasteiger partial charge in [-0.05, 0) is 42.4 Å². The fraction of sp³-hybridized carbons (Fsp3) is 0.600. The van der Waals surface area contributed by atoms with E-state index in [1.165, 1.54) is 6.26 Å². The number of likely N-dealkylation sites (tertiary alicyclic amines) is 1. The molecule has 1 aromatic carbocycles. The number of carboxylic acids is 1. The Hall–Kier alpha value is -1.89. The number of hydrogen-bond acceptors (Lipinski definition) is 4. The van der Waals surface area contributed by atoms with E-state index in [1.54, 1.807) is 24.3 Å². The average molecular weight is 391 g/mol. The highest BCUT2D eigenvalue weighted by atomic mass is 32.2. The summed E-state index contributed by atoms with van der Waals surface area (Å²) in [4.78, 5) is 26.8. The normalized spacial score (nSPS) is 29.2. The van der Waals surface area contributed by atoms with Crippen LogP contribution in [0.3, 0.4) is 0 Å². The van der Waals surface area contributed by atoms with E-state index in [9.17, 15) is 23.1 Å². The number of piperidine rings is 1. The molecule has 146 valence electrons. The maximum Gasteiger partial charge on any atom is 0.307 e. The minimum absolute atomic E-state index is 0.0886. The Balaban J connectivity index is 1.60. The van der Waals surface area contributed by atoms with Crippen LogP contribution in [0.15, 0.2) is 29.2 Å². The lowest BCUT2D eigenvalue weighted by molar-refractivity contribution is -0.143. The van der Waals surface area contributed by atoms with Gasteiger partial charge < -0.3 is 10.0 Å². The molecule has 0 spiro atoms. The molecule has 0 radical (unpaired) electrons. The van der Waals surface area contributed by atoms with Crippen LogP contribution in [0.4, 0.5) is 0 Å². The van der Waals surface area contributed by atoms with Crippen LogP contribution in [0.1, 0.15) is 37.7 Å². The third kappa shape index (κ3) is 3.06. The average Bonchev–Trinajstić information content (AvgIpc) is 3.16. The molecule has 1 heterocycles. The second-order valence-corrected chi connectivity index (χ2v) is 10.4. The van der Waals surface area contributed by atoms with Gasteiger partial charge >= 0.3 is 5.97 Å². The van der Waals surface area contributed by atoms with E-state index in [0.717, 1.165) is 37.7 Å². The number of fused-ring (bicyclic) bond motifs is 1. The monoisotopic (exact) mass is 391 g/mol. The Labute approximate surface area is 159 Å². The molecule has 7 heteroatoms. The molecule has 1 saturated heterocycles. The molecular formula is C20H25NO5S. The van der Waals surface area contributed by atoms with E-state index >= 15 is 0 Å². The Bertz CT molecular complexity index is 858. The predicted octanol–water partition coefficient (Wildman–Crippen LogP) is 2.08. The molecule has 3 atom stereocenters. The maximum absolute atomic E-state index is 13.5. The van der Waals surface area contributed by atoms with E-state index in [-0.39, 0.29) is 28.6 Å². The Morgan fingerprint density at radius 1 is 1.04 bits per heavy atom. The first-order valence-electron chi connectivity index (χ1n) is 9.57. The zero-order valence-corrected chi connectivity index (χ0v) is 16.2. The quantitative estimate of drug-likeness (QED) is 0.848. The molecule has 2 saturated carbocycles. The van der Waals surface area contributed by atoms with Crippen LogP contribution in [-0.2, 0) is 24.8 Å². The lowest BCUT2D eigenvalue weighted by atomic mass is 9.68. The summed E-state index contributed by atoms with van der Waals surface area (Å²) in [5.74, 6) is -0.753. The summed E-state index contributed by atoms with van der Waals surface area (Å²) >= 11 is 0. The van der Waals surface area contributed by atoms with Crippen LogP contribution in [0.2, 0.25) is 0 Å². The standard InChI is InChI=1S/C20H25NO5S/c1-27(25,26)14-7-5-13(6-8-14)20(9-3-2-4-10-20)19(24)21-11-15-16(12-21)17(15)18(22)23/h5-8,15-17H,2-4,9-12H2,1H3,(H,22,23)/t15-,16+,17?. The molecular weight excluding hydrogens is 366 g/mol. The van der Waals surface area contributed by atoms with Crippen molar-refractivity contribution >= 4 is 21.7 Å². The van der Waals surface area contributed by atoms with Gasteiger partial charge in [0.05, 0.1) is 16.2 Å². The Morgan fingerprint density at radius 2 is 1.59 bits per heavy atom. The van der Waals surface area contributed by atoms with Crippen LogP contribution in [-0.4, -0.2) is 49.6 Å². The molecule has 6 nitrogen and oxygen atoms in total. The van der Waals surface area contributed by atoms with E-state index in [0.29, 0.717) is 13.1 Å². The molecule has 3 aliphatic rings. The van der Waals surface area contributed by atoms with E-state index < -0.39 is 21.2 Å². The van der Waals surface area contributed by atoms with Crippen molar-refractivity contribution in [3.05, 3.63) is 29.8 Å². The molecule has 1 unspecified atom stereocenters. The van der Waals surface area contributed by atoms with Crippen molar-refractivity contribution < 1.29 is 23.1 Å². The van der Waals surface area contributed by atoms with Crippen LogP contribution < -0.4 is 0 Å². The first-order chi connectivity index (χ1) is 12.7. The smallest absolute Gasteiger partial charge is 0.307 e. The van der Waals surface area contributed by atoms with Gasteiger partial charge in [-0.3, -0.25) is 9.59 Å². The predicted molar refractivity (Wildman–Crippen MR) is 99.0 cm³/mol. The molecule has 0 aromatic heterocycles. The first-order valence-corrected chi connectivity index (χ1v) is 11.5. The largest absolute Gasteiger partial charge is 0.481 e. The topological polar surface area (TPSA) is 91.8 Å². The van der Waals surface area contributed by atoms with Crippen molar-refractivity contribution in [2.75, 3.05) is 19.3 Å².